The summed E-state index contributed by atoms with van der Waals surface area (Å²) in [7, 11) is 0. The van der Waals surface area contributed by atoms with Crippen LogP contribution in [0.4, 0.5) is 0 Å². The maximum atomic E-state index is 12.7. The molecule has 4 fully saturated rings. The fourth-order valence-electron chi connectivity index (χ4n) is 11.2. The molecule has 6 aliphatic rings. The number of allylic oxidation sites excluding steroid dienone is 2. The fraction of sp³-hybridized carbons (Fsp3) is 0.718. The van der Waals surface area contributed by atoms with Crippen LogP contribution in [-0.2, 0) is 16.0 Å². The first-order chi connectivity index (χ1) is 21.2. The Hall–Kier alpha value is -1.95. The predicted octanol–water partition coefficient (Wildman–Crippen LogP) is 6.85. The molecule has 2 heterocycles. The van der Waals surface area contributed by atoms with E-state index in [-0.39, 0.29) is 23.0 Å². The number of amides is 1. The Labute approximate surface area is 265 Å². The summed E-state index contributed by atoms with van der Waals surface area (Å²) in [5, 5.41) is 13.6. The summed E-state index contributed by atoms with van der Waals surface area (Å²) in [6.45, 7) is 12.5. The number of likely N-dealkylation sites (tertiary alicyclic amines) is 1. The molecule has 7 rings (SSSR count). The van der Waals surface area contributed by atoms with Crippen LogP contribution in [0.3, 0.4) is 0 Å². The van der Waals surface area contributed by atoms with Crippen LogP contribution in [0.2, 0.25) is 0 Å². The lowest BCUT2D eigenvalue weighted by molar-refractivity contribution is -0.121. The van der Waals surface area contributed by atoms with E-state index in [1.165, 1.54) is 37.7 Å². The quantitative estimate of drug-likeness (QED) is 0.351. The molecule has 2 saturated carbocycles. The predicted molar refractivity (Wildman–Crippen MR) is 176 cm³/mol. The highest BCUT2D eigenvalue weighted by Gasteiger charge is 2.59. The number of benzene rings is 1. The maximum Gasteiger partial charge on any atom is 0.220 e. The fourth-order valence-corrected chi connectivity index (χ4v) is 11.2. The normalized spacial score (nSPS) is 41.8. The summed E-state index contributed by atoms with van der Waals surface area (Å²) in [6.07, 6.45) is 14.1. The van der Waals surface area contributed by atoms with Crippen molar-refractivity contribution >= 4 is 5.91 Å². The number of piperidine rings is 1. The first kappa shape index (κ1) is 30.7. The molecule has 1 amide bonds. The number of nitrogens with zero attached hydrogens (tertiary/aromatic N) is 1. The topological polar surface area (TPSA) is 61.8 Å². The van der Waals surface area contributed by atoms with Gasteiger partial charge >= 0.3 is 0 Å². The molecule has 1 aromatic rings. The molecule has 1 spiro atoms. The van der Waals surface area contributed by atoms with Crippen molar-refractivity contribution in [1.29, 1.82) is 0 Å². The molecule has 2 N–H and O–H groups in total. The van der Waals surface area contributed by atoms with E-state index in [4.69, 9.17) is 4.74 Å². The van der Waals surface area contributed by atoms with E-state index >= 15 is 0 Å². The average Bonchev–Trinajstić information content (AvgIpc) is 3.47. The highest BCUT2D eigenvalue weighted by atomic mass is 16.5. The maximum absolute atomic E-state index is 12.7. The van der Waals surface area contributed by atoms with Gasteiger partial charge in [-0.3, -0.25) is 9.69 Å². The highest BCUT2D eigenvalue weighted by molar-refractivity contribution is 5.76. The van der Waals surface area contributed by atoms with Crippen LogP contribution in [0, 0.1) is 35.0 Å². The Morgan fingerprint density at radius 2 is 1.95 bits per heavy atom. The average molecular weight is 601 g/mol. The Balaban J connectivity index is 1.02. The van der Waals surface area contributed by atoms with Crippen LogP contribution in [0.15, 0.2) is 53.1 Å². The van der Waals surface area contributed by atoms with Crippen molar-refractivity contribution in [2.45, 2.75) is 122 Å². The van der Waals surface area contributed by atoms with E-state index in [9.17, 15) is 9.90 Å². The van der Waals surface area contributed by atoms with Gasteiger partial charge in [0.05, 0.1) is 17.8 Å². The zero-order valence-corrected chi connectivity index (χ0v) is 27.7. The van der Waals surface area contributed by atoms with Crippen molar-refractivity contribution in [3.63, 3.8) is 0 Å². The lowest BCUT2D eigenvalue weighted by Crippen LogP contribution is -2.53. The summed E-state index contributed by atoms with van der Waals surface area (Å²) in [5.41, 5.74) is 6.40. The van der Waals surface area contributed by atoms with Gasteiger partial charge in [0.25, 0.3) is 0 Å². The number of hydrogen-bond donors (Lipinski definition) is 2. The first-order valence-electron chi connectivity index (χ1n) is 18.0. The molecule has 0 bridgehead atoms. The Kier molecular flexibility index (Phi) is 8.38. The van der Waals surface area contributed by atoms with Crippen LogP contribution in [0.5, 0.6) is 0 Å². The number of aryl methyl sites for hydroxylation is 1. The van der Waals surface area contributed by atoms with Crippen LogP contribution in [0.25, 0.3) is 0 Å². The number of carbonyl (C=O) groups is 1. The standard InChI is InChI=1S/C39H56N2O3/c1-25-20-35-37(41(24-25)19-18-40-36(43)13-10-28-8-6-5-7-9-28)27(3)39(44-35)17-15-31-32-12-11-29-21-30(42)14-16-38(29,4)34(32)22-33(31)26(2)23-39/h5-9,21,25,27,30-32,34-35,37,42H,10-20,22-24H2,1-4H3,(H,40,43)/t25-,27+,30-,31-,32?,34-,35+,37-,38-,39-/m0/s1. The van der Waals surface area contributed by atoms with E-state index in [0.717, 1.165) is 57.0 Å². The minimum Gasteiger partial charge on any atom is -0.389 e. The van der Waals surface area contributed by atoms with Crippen molar-refractivity contribution in [3.05, 3.63) is 58.7 Å². The van der Waals surface area contributed by atoms with Gasteiger partial charge in [-0.15, -0.1) is 0 Å². The van der Waals surface area contributed by atoms with Gasteiger partial charge in [0, 0.05) is 38.0 Å². The molecule has 0 radical (unpaired) electrons. The van der Waals surface area contributed by atoms with Crippen molar-refractivity contribution in [2.24, 2.45) is 35.0 Å². The molecule has 10 atom stereocenters. The van der Waals surface area contributed by atoms with Gasteiger partial charge in [0.1, 0.15) is 0 Å². The lowest BCUT2D eigenvalue weighted by atomic mass is 9.56. The Morgan fingerprint density at radius 1 is 1.14 bits per heavy atom. The van der Waals surface area contributed by atoms with Gasteiger partial charge in [-0.25, -0.2) is 0 Å². The number of aliphatic hydroxyl groups excluding tert-OH is 1. The zero-order chi connectivity index (χ0) is 30.6. The van der Waals surface area contributed by atoms with E-state index in [0.29, 0.717) is 42.9 Å². The van der Waals surface area contributed by atoms with Crippen molar-refractivity contribution in [3.8, 4) is 0 Å². The number of hydrogen-bond acceptors (Lipinski definition) is 4. The molecule has 2 saturated heterocycles. The second-order valence-corrected chi connectivity index (χ2v) is 16.0. The minimum atomic E-state index is -0.231. The van der Waals surface area contributed by atoms with Crippen molar-refractivity contribution < 1.29 is 14.6 Å². The summed E-state index contributed by atoms with van der Waals surface area (Å²) in [6, 6.07) is 10.7. The van der Waals surface area contributed by atoms with E-state index in [2.05, 4.69) is 56.1 Å². The second-order valence-electron chi connectivity index (χ2n) is 16.0. The molecule has 240 valence electrons. The summed E-state index contributed by atoms with van der Waals surface area (Å²) in [4.78, 5) is 15.3. The SMILES string of the molecule is CC1=C2C[C@H]3C(CCC4=C[C@@H](O)CC[C@@]43C)[C@@H]2CC[C@@]2(C1)O[C@@H]1C[C@H](C)CN(CCNC(=O)CCc3ccccc3)[C@H]1[C@H]2C. The Morgan fingerprint density at radius 3 is 2.77 bits per heavy atom. The number of fused-ring (bicyclic) bond motifs is 6. The van der Waals surface area contributed by atoms with E-state index in [1.807, 2.05) is 18.2 Å². The number of aliphatic hydroxyl groups is 1. The van der Waals surface area contributed by atoms with Crippen LogP contribution < -0.4 is 5.32 Å². The Bertz CT molecular complexity index is 1290. The van der Waals surface area contributed by atoms with Crippen LogP contribution in [0.1, 0.15) is 97.5 Å². The molecular weight excluding hydrogens is 544 g/mol. The molecule has 2 aliphatic heterocycles. The molecule has 44 heavy (non-hydrogen) atoms. The van der Waals surface area contributed by atoms with Gasteiger partial charge in [-0.1, -0.05) is 73.9 Å². The highest BCUT2D eigenvalue weighted by Crippen LogP contribution is 2.64. The van der Waals surface area contributed by atoms with Gasteiger partial charge in [0.15, 0.2) is 0 Å². The monoisotopic (exact) mass is 600 g/mol. The van der Waals surface area contributed by atoms with E-state index < -0.39 is 0 Å². The van der Waals surface area contributed by atoms with Gasteiger partial charge in [0.2, 0.25) is 5.91 Å². The smallest absolute Gasteiger partial charge is 0.220 e. The molecule has 1 aromatic carbocycles. The largest absolute Gasteiger partial charge is 0.389 e. The molecule has 5 nitrogen and oxygen atoms in total. The molecule has 5 heteroatoms. The third kappa shape index (κ3) is 5.43. The molecule has 0 aromatic heterocycles. The molecule has 1 unspecified atom stereocenters. The number of ether oxygens (including phenoxy) is 1. The summed E-state index contributed by atoms with van der Waals surface area (Å²) < 4.78 is 7.29. The van der Waals surface area contributed by atoms with Gasteiger partial charge < -0.3 is 15.2 Å². The van der Waals surface area contributed by atoms with Crippen molar-refractivity contribution in [1.82, 2.24) is 10.2 Å². The third-order valence-electron chi connectivity index (χ3n) is 13.5. The van der Waals surface area contributed by atoms with E-state index in [1.54, 1.807) is 16.7 Å². The summed E-state index contributed by atoms with van der Waals surface area (Å²) >= 11 is 0. The van der Waals surface area contributed by atoms with Crippen molar-refractivity contribution in [2.75, 3.05) is 19.6 Å². The number of carbonyl (C=O) groups excluding carboxylic acids is 1. The number of rotatable bonds is 6. The van der Waals surface area contributed by atoms with Gasteiger partial charge in [-0.2, -0.15) is 0 Å². The van der Waals surface area contributed by atoms with Crippen LogP contribution in [-0.4, -0.2) is 59.4 Å². The third-order valence-corrected chi connectivity index (χ3v) is 13.5. The van der Waals surface area contributed by atoms with Crippen LogP contribution >= 0.6 is 0 Å². The second kappa shape index (κ2) is 12.0. The first-order valence-corrected chi connectivity index (χ1v) is 18.0. The minimum absolute atomic E-state index is 0.0634. The zero-order valence-electron chi connectivity index (χ0n) is 27.7. The molecule has 4 aliphatic carbocycles. The molecular formula is C39H56N2O3. The van der Waals surface area contributed by atoms with Gasteiger partial charge in [-0.05, 0) is 106 Å². The lowest BCUT2D eigenvalue weighted by Gasteiger charge is -2.49. The summed E-state index contributed by atoms with van der Waals surface area (Å²) in [5.74, 6) is 3.48. The number of nitrogens with one attached hydrogen (secondary N) is 1.